The molecule has 1 saturated heterocycles. The number of halogens is 1. The molecule has 1 aliphatic rings. The van der Waals surface area contributed by atoms with Crippen molar-refractivity contribution in [2.24, 2.45) is 0 Å². The van der Waals surface area contributed by atoms with Crippen LogP contribution in [0.1, 0.15) is 37.3 Å². The van der Waals surface area contributed by atoms with Crippen LogP contribution in [0, 0.1) is 17.1 Å². The van der Waals surface area contributed by atoms with E-state index in [2.05, 4.69) is 23.2 Å². The molecular weight excluding hydrogens is 253 g/mol. The van der Waals surface area contributed by atoms with Crippen molar-refractivity contribution in [1.29, 1.82) is 5.26 Å². The van der Waals surface area contributed by atoms with E-state index >= 15 is 0 Å². The lowest BCUT2D eigenvalue weighted by atomic mass is 9.99. The zero-order chi connectivity index (χ0) is 14.4. The standard InChI is InChI=1S/C16H22FN3/c1-2-19-11-16-5-3-4-8-20(16)12-14-9-15(17)7-6-13(14)10-18/h6-7,9,16,19H,2-5,8,11-12H2,1H3. The summed E-state index contributed by atoms with van der Waals surface area (Å²) < 4.78 is 13.4. The van der Waals surface area contributed by atoms with E-state index in [-0.39, 0.29) is 5.82 Å². The van der Waals surface area contributed by atoms with E-state index in [1.807, 2.05) is 0 Å². The quantitative estimate of drug-likeness (QED) is 0.898. The zero-order valence-electron chi connectivity index (χ0n) is 12.0. The van der Waals surface area contributed by atoms with E-state index in [0.29, 0.717) is 18.2 Å². The average Bonchev–Trinajstić information content (AvgIpc) is 2.47. The number of piperidine rings is 1. The SMILES string of the molecule is CCNCC1CCCCN1Cc1cc(F)ccc1C#N. The molecule has 1 fully saturated rings. The van der Waals surface area contributed by atoms with Gasteiger partial charge in [-0.1, -0.05) is 13.3 Å². The summed E-state index contributed by atoms with van der Waals surface area (Å²) in [4.78, 5) is 2.38. The van der Waals surface area contributed by atoms with Gasteiger partial charge in [0.25, 0.3) is 0 Å². The van der Waals surface area contributed by atoms with E-state index in [0.717, 1.165) is 25.2 Å². The maximum absolute atomic E-state index is 13.4. The number of likely N-dealkylation sites (N-methyl/N-ethyl adjacent to an activating group) is 1. The molecule has 1 aromatic rings. The Kier molecular flexibility index (Phi) is 5.51. The van der Waals surface area contributed by atoms with Gasteiger partial charge in [-0.15, -0.1) is 0 Å². The lowest BCUT2D eigenvalue weighted by molar-refractivity contribution is 0.138. The number of benzene rings is 1. The Hall–Kier alpha value is -1.44. The molecule has 0 radical (unpaired) electrons. The molecular formula is C16H22FN3. The summed E-state index contributed by atoms with van der Waals surface area (Å²) in [5.41, 5.74) is 1.38. The number of nitrogens with zero attached hydrogens (tertiary/aromatic N) is 2. The van der Waals surface area contributed by atoms with Gasteiger partial charge >= 0.3 is 0 Å². The van der Waals surface area contributed by atoms with Gasteiger partial charge in [0.1, 0.15) is 5.82 Å². The maximum Gasteiger partial charge on any atom is 0.123 e. The van der Waals surface area contributed by atoms with E-state index in [1.165, 1.54) is 31.4 Å². The molecule has 0 amide bonds. The van der Waals surface area contributed by atoms with Crippen molar-refractivity contribution in [2.75, 3.05) is 19.6 Å². The average molecular weight is 275 g/mol. The molecule has 20 heavy (non-hydrogen) atoms. The Morgan fingerprint density at radius 1 is 1.45 bits per heavy atom. The molecule has 108 valence electrons. The predicted molar refractivity (Wildman–Crippen MR) is 77.7 cm³/mol. The second kappa shape index (κ2) is 7.37. The van der Waals surface area contributed by atoms with Gasteiger partial charge in [-0.3, -0.25) is 4.90 Å². The number of nitriles is 1. The van der Waals surface area contributed by atoms with Crippen LogP contribution in [0.4, 0.5) is 4.39 Å². The molecule has 1 aromatic carbocycles. The van der Waals surface area contributed by atoms with Crippen molar-refractivity contribution >= 4 is 0 Å². The van der Waals surface area contributed by atoms with Crippen LogP contribution in [0.15, 0.2) is 18.2 Å². The van der Waals surface area contributed by atoms with Crippen molar-refractivity contribution in [2.45, 2.75) is 38.8 Å². The van der Waals surface area contributed by atoms with Gasteiger partial charge in [-0.25, -0.2) is 4.39 Å². The minimum Gasteiger partial charge on any atom is -0.315 e. The molecule has 1 N–H and O–H groups in total. The van der Waals surface area contributed by atoms with Crippen molar-refractivity contribution in [3.63, 3.8) is 0 Å². The number of rotatable bonds is 5. The van der Waals surface area contributed by atoms with Crippen molar-refractivity contribution in [3.05, 3.63) is 35.1 Å². The summed E-state index contributed by atoms with van der Waals surface area (Å²) in [7, 11) is 0. The first-order valence-corrected chi connectivity index (χ1v) is 7.38. The Labute approximate surface area is 120 Å². The molecule has 1 unspecified atom stereocenters. The first-order chi connectivity index (χ1) is 9.74. The molecule has 0 spiro atoms. The van der Waals surface area contributed by atoms with Gasteiger partial charge in [0.2, 0.25) is 0 Å². The zero-order valence-corrected chi connectivity index (χ0v) is 12.0. The highest BCUT2D eigenvalue weighted by molar-refractivity contribution is 5.37. The third-order valence-corrected chi connectivity index (χ3v) is 3.94. The smallest absolute Gasteiger partial charge is 0.123 e. The molecule has 1 aliphatic heterocycles. The molecule has 2 rings (SSSR count). The van der Waals surface area contributed by atoms with Crippen LogP contribution < -0.4 is 5.32 Å². The van der Waals surface area contributed by atoms with Gasteiger partial charge < -0.3 is 5.32 Å². The highest BCUT2D eigenvalue weighted by atomic mass is 19.1. The van der Waals surface area contributed by atoms with E-state index in [4.69, 9.17) is 5.26 Å². The monoisotopic (exact) mass is 275 g/mol. The maximum atomic E-state index is 13.4. The van der Waals surface area contributed by atoms with Gasteiger partial charge in [0, 0.05) is 19.1 Å². The molecule has 0 saturated carbocycles. The molecule has 4 heteroatoms. The summed E-state index contributed by atoms with van der Waals surface area (Å²) in [6, 6.07) is 7.08. The molecule has 0 bridgehead atoms. The third-order valence-electron chi connectivity index (χ3n) is 3.94. The van der Waals surface area contributed by atoms with Crippen LogP contribution in [0.3, 0.4) is 0 Å². The minimum absolute atomic E-state index is 0.265. The molecule has 0 aliphatic carbocycles. The fourth-order valence-corrected chi connectivity index (χ4v) is 2.83. The van der Waals surface area contributed by atoms with Crippen molar-refractivity contribution < 1.29 is 4.39 Å². The van der Waals surface area contributed by atoms with E-state index in [1.54, 1.807) is 6.07 Å². The number of likely N-dealkylation sites (tertiary alicyclic amines) is 1. The van der Waals surface area contributed by atoms with Crippen LogP contribution in [-0.4, -0.2) is 30.6 Å². The predicted octanol–water partition coefficient (Wildman–Crippen LogP) is 2.66. The van der Waals surface area contributed by atoms with Gasteiger partial charge in [0.15, 0.2) is 0 Å². The summed E-state index contributed by atoms with van der Waals surface area (Å²) >= 11 is 0. The molecule has 1 atom stereocenters. The van der Waals surface area contributed by atoms with Crippen LogP contribution >= 0.6 is 0 Å². The summed E-state index contributed by atoms with van der Waals surface area (Å²) in [6.07, 6.45) is 3.60. The topological polar surface area (TPSA) is 39.1 Å². The largest absolute Gasteiger partial charge is 0.315 e. The van der Waals surface area contributed by atoms with E-state index < -0.39 is 0 Å². The van der Waals surface area contributed by atoms with Crippen LogP contribution in [0.5, 0.6) is 0 Å². The van der Waals surface area contributed by atoms with E-state index in [9.17, 15) is 4.39 Å². The third kappa shape index (κ3) is 3.78. The summed E-state index contributed by atoms with van der Waals surface area (Å²) in [6.45, 7) is 5.73. The Morgan fingerprint density at radius 3 is 3.05 bits per heavy atom. The first-order valence-electron chi connectivity index (χ1n) is 7.38. The second-order valence-electron chi connectivity index (χ2n) is 5.34. The van der Waals surface area contributed by atoms with Gasteiger partial charge in [-0.2, -0.15) is 5.26 Å². The number of hydrogen-bond donors (Lipinski definition) is 1. The van der Waals surface area contributed by atoms with Gasteiger partial charge in [0.05, 0.1) is 11.6 Å². The molecule has 0 aromatic heterocycles. The lowest BCUT2D eigenvalue weighted by Gasteiger charge is -2.36. The summed E-state index contributed by atoms with van der Waals surface area (Å²) in [5, 5.41) is 12.5. The first kappa shape index (κ1) is 15.0. The normalized spacial score (nSPS) is 19.8. The lowest BCUT2D eigenvalue weighted by Crippen LogP contribution is -2.45. The van der Waals surface area contributed by atoms with Crippen LogP contribution in [-0.2, 0) is 6.54 Å². The summed E-state index contributed by atoms with van der Waals surface area (Å²) in [5.74, 6) is -0.265. The van der Waals surface area contributed by atoms with Gasteiger partial charge in [-0.05, 0) is 49.7 Å². The number of nitrogens with one attached hydrogen (secondary N) is 1. The Bertz CT molecular complexity index is 481. The minimum atomic E-state index is -0.265. The van der Waals surface area contributed by atoms with Crippen molar-refractivity contribution in [1.82, 2.24) is 10.2 Å². The number of hydrogen-bond acceptors (Lipinski definition) is 3. The Balaban J connectivity index is 2.10. The van der Waals surface area contributed by atoms with Crippen LogP contribution in [0.25, 0.3) is 0 Å². The Morgan fingerprint density at radius 2 is 2.30 bits per heavy atom. The van der Waals surface area contributed by atoms with Crippen LogP contribution in [0.2, 0.25) is 0 Å². The molecule has 1 heterocycles. The second-order valence-corrected chi connectivity index (χ2v) is 5.34. The fraction of sp³-hybridized carbons (Fsp3) is 0.562. The highest BCUT2D eigenvalue weighted by Crippen LogP contribution is 2.21. The fourth-order valence-electron chi connectivity index (χ4n) is 2.83. The highest BCUT2D eigenvalue weighted by Gasteiger charge is 2.22. The molecule has 3 nitrogen and oxygen atoms in total. The van der Waals surface area contributed by atoms with Crippen molar-refractivity contribution in [3.8, 4) is 6.07 Å².